The van der Waals surface area contributed by atoms with E-state index in [9.17, 15) is 13.5 Å². The Hall–Kier alpha value is -0.470. The molecule has 5 nitrogen and oxygen atoms in total. The third-order valence-electron chi connectivity index (χ3n) is 3.39. The van der Waals surface area contributed by atoms with Crippen LogP contribution in [0.4, 0.5) is 0 Å². The second kappa shape index (κ2) is 5.26. The Bertz CT molecular complexity index is 512. The van der Waals surface area contributed by atoms with Gasteiger partial charge in [-0.25, -0.2) is 8.42 Å². The van der Waals surface area contributed by atoms with Gasteiger partial charge in [-0.1, -0.05) is 0 Å². The number of thiophene rings is 1. The second-order valence-corrected chi connectivity index (χ2v) is 7.47. The van der Waals surface area contributed by atoms with E-state index in [4.69, 9.17) is 0 Å². The van der Waals surface area contributed by atoms with Crippen LogP contribution in [0.1, 0.15) is 11.8 Å². The van der Waals surface area contributed by atoms with Gasteiger partial charge in [-0.05, 0) is 25.4 Å². The minimum absolute atomic E-state index is 0.213. The molecule has 7 heteroatoms. The van der Waals surface area contributed by atoms with Crippen molar-refractivity contribution in [2.24, 2.45) is 0 Å². The highest BCUT2D eigenvalue weighted by molar-refractivity contribution is 7.89. The first kappa shape index (κ1) is 14.0. The van der Waals surface area contributed by atoms with E-state index in [-0.39, 0.29) is 17.5 Å². The van der Waals surface area contributed by atoms with Crippen molar-refractivity contribution in [1.29, 1.82) is 0 Å². The average Bonchev–Trinajstić information content (AvgIpc) is 2.81. The van der Waals surface area contributed by atoms with E-state index in [0.717, 1.165) is 6.54 Å². The van der Waals surface area contributed by atoms with Gasteiger partial charge in [0.15, 0.2) is 0 Å². The van der Waals surface area contributed by atoms with Gasteiger partial charge in [0.2, 0.25) is 10.0 Å². The van der Waals surface area contributed by atoms with E-state index in [0.29, 0.717) is 18.0 Å². The number of sulfonamides is 1. The Morgan fingerprint density at radius 2 is 2.22 bits per heavy atom. The zero-order chi connectivity index (χ0) is 13.3. The van der Waals surface area contributed by atoms with Gasteiger partial charge in [0.25, 0.3) is 0 Å². The fraction of sp³-hybridized carbons (Fsp3) is 0.636. The van der Waals surface area contributed by atoms with Gasteiger partial charge in [-0.2, -0.15) is 4.31 Å². The molecule has 0 radical (unpaired) electrons. The summed E-state index contributed by atoms with van der Waals surface area (Å²) in [5.74, 6) is 0. The molecule has 1 aliphatic heterocycles. The zero-order valence-electron chi connectivity index (χ0n) is 10.5. The van der Waals surface area contributed by atoms with Gasteiger partial charge in [0.05, 0.1) is 11.5 Å². The number of likely N-dealkylation sites (N-methyl/N-ethyl adjacent to an activating group) is 1. The number of piperazine rings is 1. The van der Waals surface area contributed by atoms with Crippen molar-refractivity contribution in [3.8, 4) is 0 Å². The molecule has 2 rings (SSSR count). The molecule has 1 aromatic rings. The van der Waals surface area contributed by atoms with E-state index in [1.165, 1.54) is 15.6 Å². The van der Waals surface area contributed by atoms with Crippen LogP contribution in [-0.4, -0.2) is 55.5 Å². The van der Waals surface area contributed by atoms with Gasteiger partial charge in [0.1, 0.15) is 0 Å². The van der Waals surface area contributed by atoms with E-state index in [2.05, 4.69) is 4.90 Å². The number of hydrogen-bond acceptors (Lipinski definition) is 5. The van der Waals surface area contributed by atoms with E-state index < -0.39 is 10.0 Å². The van der Waals surface area contributed by atoms with Crippen LogP contribution in [0.2, 0.25) is 0 Å². The minimum Gasteiger partial charge on any atom is -0.391 e. The lowest BCUT2D eigenvalue weighted by atomic mass is 10.2. The molecular formula is C11H18N2O3S2. The predicted octanol–water partition coefficient (Wildman–Crippen LogP) is 0.565. The Kier molecular flexibility index (Phi) is 4.08. The molecule has 18 heavy (non-hydrogen) atoms. The van der Waals surface area contributed by atoms with Crippen LogP contribution in [0.25, 0.3) is 0 Å². The summed E-state index contributed by atoms with van der Waals surface area (Å²) >= 11 is 1.28. The molecule has 0 bridgehead atoms. The van der Waals surface area contributed by atoms with Gasteiger partial charge in [0, 0.05) is 30.6 Å². The predicted molar refractivity (Wildman–Crippen MR) is 71.1 cm³/mol. The molecule has 1 atom stereocenters. The van der Waals surface area contributed by atoms with Gasteiger partial charge in [-0.3, -0.25) is 0 Å². The Morgan fingerprint density at radius 3 is 2.83 bits per heavy atom. The van der Waals surface area contributed by atoms with Gasteiger partial charge >= 0.3 is 0 Å². The molecular weight excluding hydrogens is 272 g/mol. The Morgan fingerprint density at radius 1 is 1.50 bits per heavy atom. The van der Waals surface area contributed by atoms with Crippen molar-refractivity contribution < 1.29 is 13.5 Å². The first-order valence-electron chi connectivity index (χ1n) is 5.84. The lowest BCUT2D eigenvalue weighted by molar-refractivity contribution is 0.159. The Labute approximate surface area is 112 Å². The average molecular weight is 290 g/mol. The smallest absolute Gasteiger partial charge is 0.244 e. The molecule has 0 amide bonds. The first-order valence-corrected chi connectivity index (χ1v) is 8.16. The van der Waals surface area contributed by atoms with Crippen molar-refractivity contribution in [1.82, 2.24) is 9.21 Å². The van der Waals surface area contributed by atoms with Crippen molar-refractivity contribution in [3.05, 3.63) is 16.3 Å². The normalized spacial score (nSPS) is 23.4. The van der Waals surface area contributed by atoms with Crippen LogP contribution in [0.15, 0.2) is 16.3 Å². The third-order valence-corrected chi connectivity index (χ3v) is 6.37. The summed E-state index contributed by atoms with van der Waals surface area (Å²) in [4.78, 5) is 2.92. The summed E-state index contributed by atoms with van der Waals surface area (Å²) < 4.78 is 26.5. The summed E-state index contributed by atoms with van der Waals surface area (Å²) in [7, 11) is -1.46. The molecule has 1 N–H and O–H groups in total. The highest BCUT2D eigenvalue weighted by Crippen LogP contribution is 2.26. The molecule has 102 valence electrons. The van der Waals surface area contributed by atoms with Crippen LogP contribution in [0, 0.1) is 0 Å². The lowest BCUT2D eigenvalue weighted by Crippen LogP contribution is -2.51. The number of rotatable bonds is 3. The molecule has 0 spiro atoms. The summed E-state index contributed by atoms with van der Waals surface area (Å²) in [6.07, 6.45) is 0. The molecule has 1 saturated heterocycles. The van der Waals surface area contributed by atoms with Crippen LogP contribution in [0.3, 0.4) is 0 Å². The van der Waals surface area contributed by atoms with Crippen molar-refractivity contribution in [2.75, 3.05) is 26.7 Å². The van der Waals surface area contributed by atoms with Crippen LogP contribution in [-0.2, 0) is 16.6 Å². The van der Waals surface area contributed by atoms with Crippen molar-refractivity contribution in [3.63, 3.8) is 0 Å². The summed E-state index contributed by atoms with van der Waals surface area (Å²) in [6, 6.07) is 1.79. The maximum Gasteiger partial charge on any atom is 0.244 e. The van der Waals surface area contributed by atoms with Crippen LogP contribution < -0.4 is 0 Å². The molecule has 1 unspecified atom stereocenters. The standard InChI is InChI=1S/C11H18N2O3S2/c1-9-7-13(5-4-12(9)2)18(15,16)11-3-6-17-10(11)8-14/h3,6,9,14H,4-5,7-8H2,1-2H3. The first-order chi connectivity index (χ1) is 8.46. The number of aliphatic hydroxyl groups is 1. The van der Waals surface area contributed by atoms with E-state index in [1.54, 1.807) is 11.4 Å². The minimum atomic E-state index is -3.46. The van der Waals surface area contributed by atoms with E-state index >= 15 is 0 Å². The number of nitrogens with zero attached hydrogens (tertiary/aromatic N) is 2. The fourth-order valence-corrected chi connectivity index (χ4v) is 4.82. The zero-order valence-corrected chi connectivity index (χ0v) is 12.2. The van der Waals surface area contributed by atoms with Crippen molar-refractivity contribution >= 4 is 21.4 Å². The molecule has 2 heterocycles. The molecule has 1 fully saturated rings. The molecule has 0 aromatic carbocycles. The fourth-order valence-electron chi connectivity index (χ4n) is 2.05. The monoisotopic (exact) mass is 290 g/mol. The maximum absolute atomic E-state index is 12.5. The van der Waals surface area contributed by atoms with E-state index in [1.807, 2.05) is 14.0 Å². The molecule has 1 aliphatic rings. The molecule has 1 aromatic heterocycles. The largest absolute Gasteiger partial charge is 0.391 e. The van der Waals surface area contributed by atoms with Gasteiger partial charge < -0.3 is 10.0 Å². The third kappa shape index (κ3) is 2.46. The molecule has 0 saturated carbocycles. The lowest BCUT2D eigenvalue weighted by Gasteiger charge is -2.36. The van der Waals surface area contributed by atoms with Gasteiger partial charge in [-0.15, -0.1) is 11.3 Å². The summed E-state index contributed by atoms with van der Waals surface area (Å²) in [5, 5.41) is 10.9. The number of aliphatic hydroxyl groups excluding tert-OH is 1. The second-order valence-electron chi connectivity index (χ2n) is 4.56. The summed E-state index contributed by atoms with van der Waals surface area (Å²) in [6.45, 7) is 3.53. The van der Waals surface area contributed by atoms with Crippen molar-refractivity contribution in [2.45, 2.75) is 24.5 Å². The topological polar surface area (TPSA) is 60.9 Å². The SMILES string of the molecule is CC1CN(S(=O)(=O)c2ccsc2CO)CCN1C. The number of hydrogen-bond donors (Lipinski definition) is 1. The quantitative estimate of drug-likeness (QED) is 0.884. The maximum atomic E-state index is 12.5. The highest BCUT2D eigenvalue weighted by Gasteiger charge is 2.32. The summed E-state index contributed by atoms with van der Waals surface area (Å²) in [5.41, 5.74) is 0. The highest BCUT2D eigenvalue weighted by atomic mass is 32.2. The van der Waals surface area contributed by atoms with Crippen LogP contribution in [0.5, 0.6) is 0 Å². The molecule has 0 aliphatic carbocycles. The Balaban J connectivity index is 2.27. The van der Waals surface area contributed by atoms with Crippen LogP contribution >= 0.6 is 11.3 Å².